The lowest BCUT2D eigenvalue weighted by molar-refractivity contribution is 0.267. The molecule has 2 N–H and O–H groups in total. The van der Waals surface area contributed by atoms with Gasteiger partial charge in [0.15, 0.2) is 11.5 Å². The quantitative estimate of drug-likeness (QED) is 0.660. The maximum absolute atomic E-state index is 5.99. The van der Waals surface area contributed by atoms with Crippen molar-refractivity contribution >= 4 is 0 Å². The van der Waals surface area contributed by atoms with Gasteiger partial charge in [-0.15, -0.1) is 0 Å². The number of unbranched alkanes of at least 4 members (excludes halogenated alkanes) is 3. The Balaban J connectivity index is 2.71. The normalized spacial score (nSPS) is 12.2. The maximum atomic E-state index is 5.99. The number of hydrogen-bond donors (Lipinski definition) is 1. The van der Waals surface area contributed by atoms with Gasteiger partial charge in [-0.1, -0.05) is 38.3 Å². The summed E-state index contributed by atoms with van der Waals surface area (Å²) < 4.78 is 11.7. The molecule has 3 heteroatoms. The molecule has 1 atom stereocenters. The topological polar surface area (TPSA) is 44.5 Å². The van der Waals surface area contributed by atoms with Crippen LogP contribution in [0.5, 0.6) is 11.5 Å². The Labute approximate surface area is 123 Å². The van der Waals surface area contributed by atoms with Crippen molar-refractivity contribution in [1.82, 2.24) is 0 Å². The van der Waals surface area contributed by atoms with Crippen molar-refractivity contribution in [3.05, 3.63) is 23.8 Å². The van der Waals surface area contributed by atoms with Crippen molar-refractivity contribution < 1.29 is 9.47 Å². The summed E-state index contributed by atoms with van der Waals surface area (Å²) >= 11 is 0. The van der Waals surface area contributed by atoms with Crippen LogP contribution in [0.4, 0.5) is 0 Å². The van der Waals surface area contributed by atoms with Crippen molar-refractivity contribution in [2.75, 3.05) is 13.2 Å². The molecule has 0 saturated carbocycles. The van der Waals surface area contributed by atoms with Crippen LogP contribution in [0, 0.1) is 0 Å². The molecule has 1 unspecified atom stereocenters. The van der Waals surface area contributed by atoms with Gasteiger partial charge >= 0.3 is 0 Å². The summed E-state index contributed by atoms with van der Waals surface area (Å²) in [4.78, 5) is 0. The van der Waals surface area contributed by atoms with E-state index in [2.05, 4.69) is 13.0 Å². The van der Waals surface area contributed by atoms with Crippen LogP contribution in [0.2, 0.25) is 0 Å². The highest BCUT2D eigenvalue weighted by atomic mass is 16.5. The predicted octanol–water partition coefficient (Wildman–Crippen LogP) is 3.93. The maximum Gasteiger partial charge on any atom is 0.164 e. The van der Waals surface area contributed by atoms with Gasteiger partial charge in [-0.2, -0.15) is 0 Å². The summed E-state index contributed by atoms with van der Waals surface area (Å²) in [6, 6.07) is 6.17. The van der Waals surface area contributed by atoms with Crippen LogP contribution in [-0.2, 0) is 6.42 Å². The van der Waals surface area contributed by atoms with E-state index >= 15 is 0 Å². The molecular weight excluding hydrogens is 250 g/mol. The van der Waals surface area contributed by atoms with Crippen molar-refractivity contribution in [2.24, 2.45) is 5.73 Å². The first-order valence-corrected chi connectivity index (χ1v) is 7.82. The summed E-state index contributed by atoms with van der Waals surface area (Å²) in [7, 11) is 0. The van der Waals surface area contributed by atoms with Crippen molar-refractivity contribution in [2.45, 2.75) is 58.9 Å². The number of rotatable bonds is 10. The van der Waals surface area contributed by atoms with E-state index in [1.807, 2.05) is 26.0 Å². The highest BCUT2D eigenvalue weighted by Crippen LogP contribution is 2.32. The van der Waals surface area contributed by atoms with Crippen LogP contribution in [-0.4, -0.2) is 19.3 Å². The monoisotopic (exact) mass is 279 g/mol. The molecule has 0 bridgehead atoms. The van der Waals surface area contributed by atoms with Crippen LogP contribution in [0.25, 0.3) is 0 Å². The number of benzene rings is 1. The molecule has 0 heterocycles. The van der Waals surface area contributed by atoms with Crippen LogP contribution in [0.3, 0.4) is 0 Å². The average molecular weight is 279 g/mol. The second-order valence-electron chi connectivity index (χ2n) is 5.27. The zero-order chi connectivity index (χ0) is 14.8. The molecule has 0 fully saturated rings. The molecule has 0 aliphatic rings. The van der Waals surface area contributed by atoms with E-state index in [4.69, 9.17) is 15.2 Å². The van der Waals surface area contributed by atoms with Crippen LogP contribution < -0.4 is 15.2 Å². The van der Waals surface area contributed by atoms with Crippen LogP contribution in [0.1, 0.15) is 52.0 Å². The first-order chi connectivity index (χ1) is 9.69. The Morgan fingerprint density at radius 2 is 1.90 bits per heavy atom. The number of ether oxygens (including phenoxy) is 2. The standard InChI is InChI=1S/C17H29NO2/c1-4-6-7-8-12-20-17-15(13-14(3)18)10-9-11-16(17)19-5-2/h9-11,14H,4-8,12-13,18H2,1-3H3. The molecule has 1 aromatic rings. The van der Waals surface area contributed by atoms with E-state index in [0.717, 1.165) is 36.5 Å². The van der Waals surface area contributed by atoms with E-state index < -0.39 is 0 Å². The molecule has 0 radical (unpaired) electrons. The number of para-hydroxylation sites is 1. The molecule has 0 amide bonds. The highest BCUT2D eigenvalue weighted by molar-refractivity contribution is 5.47. The largest absolute Gasteiger partial charge is 0.490 e. The molecule has 0 spiro atoms. The zero-order valence-electron chi connectivity index (χ0n) is 13.2. The molecule has 20 heavy (non-hydrogen) atoms. The summed E-state index contributed by atoms with van der Waals surface area (Å²) in [5.41, 5.74) is 7.06. The van der Waals surface area contributed by atoms with Gasteiger partial charge in [0.2, 0.25) is 0 Å². The lowest BCUT2D eigenvalue weighted by atomic mass is 10.1. The Morgan fingerprint density at radius 3 is 2.55 bits per heavy atom. The van der Waals surface area contributed by atoms with Crippen molar-refractivity contribution in [1.29, 1.82) is 0 Å². The van der Waals surface area contributed by atoms with E-state index in [-0.39, 0.29) is 6.04 Å². The fourth-order valence-electron chi connectivity index (χ4n) is 2.20. The molecule has 3 nitrogen and oxygen atoms in total. The van der Waals surface area contributed by atoms with Gasteiger partial charge in [-0.25, -0.2) is 0 Å². The van der Waals surface area contributed by atoms with Gasteiger partial charge in [0, 0.05) is 6.04 Å². The van der Waals surface area contributed by atoms with Crippen LogP contribution >= 0.6 is 0 Å². The van der Waals surface area contributed by atoms with E-state index in [1.54, 1.807) is 0 Å². The molecule has 0 aliphatic heterocycles. The lowest BCUT2D eigenvalue weighted by Crippen LogP contribution is -2.18. The average Bonchev–Trinajstić information content (AvgIpc) is 2.40. The Kier molecular flexibility index (Phi) is 8.12. The van der Waals surface area contributed by atoms with Gasteiger partial charge in [-0.3, -0.25) is 0 Å². The third-order valence-corrected chi connectivity index (χ3v) is 3.15. The highest BCUT2D eigenvalue weighted by Gasteiger charge is 2.12. The van der Waals surface area contributed by atoms with Gasteiger partial charge in [0.25, 0.3) is 0 Å². The van der Waals surface area contributed by atoms with E-state index in [1.165, 1.54) is 19.3 Å². The minimum absolute atomic E-state index is 0.120. The van der Waals surface area contributed by atoms with Gasteiger partial charge < -0.3 is 15.2 Å². The second kappa shape index (κ2) is 9.65. The van der Waals surface area contributed by atoms with Crippen LogP contribution in [0.15, 0.2) is 18.2 Å². The summed E-state index contributed by atoms with van der Waals surface area (Å²) in [5, 5.41) is 0. The van der Waals surface area contributed by atoms with Gasteiger partial charge in [0.1, 0.15) is 0 Å². The SMILES string of the molecule is CCCCCCOc1c(CC(C)N)cccc1OCC. The Morgan fingerprint density at radius 1 is 1.10 bits per heavy atom. The predicted molar refractivity (Wildman–Crippen MR) is 84.6 cm³/mol. The molecule has 0 aliphatic carbocycles. The molecule has 114 valence electrons. The van der Waals surface area contributed by atoms with Crippen molar-refractivity contribution in [3.63, 3.8) is 0 Å². The summed E-state index contributed by atoms with van der Waals surface area (Å²) in [6.45, 7) is 7.61. The second-order valence-corrected chi connectivity index (χ2v) is 5.27. The van der Waals surface area contributed by atoms with Gasteiger partial charge in [0.05, 0.1) is 13.2 Å². The minimum Gasteiger partial charge on any atom is -0.490 e. The van der Waals surface area contributed by atoms with E-state index in [0.29, 0.717) is 6.61 Å². The first-order valence-electron chi connectivity index (χ1n) is 7.82. The lowest BCUT2D eigenvalue weighted by Gasteiger charge is -2.17. The summed E-state index contributed by atoms with van der Waals surface area (Å²) in [5.74, 6) is 1.71. The van der Waals surface area contributed by atoms with Crippen molar-refractivity contribution in [3.8, 4) is 11.5 Å². The molecule has 1 aromatic carbocycles. The third-order valence-electron chi connectivity index (χ3n) is 3.15. The van der Waals surface area contributed by atoms with E-state index in [9.17, 15) is 0 Å². The molecule has 1 rings (SSSR count). The Hall–Kier alpha value is -1.22. The number of nitrogens with two attached hydrogens (primary N) is 1. The molecule has 0 aromatic heterocycles. The smallest absolute Gasteiger partial charge is 0.164 e. The third kappa shape index (κ3) is 5.83. The summed E-state index contributed by atoms with van der Waals surface area (Å²) in [6.07, 6.45) is 5.63. The fourth-order valence-corrected chi connectivity index (χ4v) is 2.20. The molecule has 0 saturated heterocycles. The zero-order valence-corrected chi connectivity index (χ0v) is 13.2. The van der Waals surface area contributed by atoms with Gasteiger partial charge in [-0.05, 0) is 38.3 Å². The first kappa shape index (κ1) is 16.8. The fraction of sp³-hybridized carbons (Fsp3) is 0.647. The molecular formula is C17H29NO2. The number of hydrogen-bond acceptors (Lipinski definition) is 3. The Bertz CT molecular complexity index is 377. The minimum atomic E-state index is 0.120.